The van der Waals surface area contributed by atoms with E-state index in [2.05, 4.69) is 0 Å². The molecule has 0 bridgehead atoms. The van der Waals surface area contributed by atoms with Gasteiger partial charge in [-0.3, -0.25) is 0 Å². The van der Waals surface area contributed by atoms with Crippen LogP contribution in [0.4, 0.5) is 0 Å². The molecule has 0 unspecified atom stereocenters. The van der Waals surface area contributed by atoms with Crippen LogP contribution in [0.5, 0.6) is 11.5 Å². The first-order valence-corrected chi connectivity index (χ1v) is 7.44. The van der Waals surface area contributed by atoms with E-state index in [-0.39, 0.29) is 6.29 Å². The molecule has 3 rings (SSSR count). The van der Waals surface area contributed by atoms with Gasteiger partial charge < -0.3 is 18.9 Å². The summed E-state index contributed by atoms with van der Waals surface area (Å²) in [7, 11) is 1.64. The normalized spacial score (nSPS) is 15.5. The number of benzene rings is 2. The van der Waals surface area contributed by atoms with Crippen molar-refractivity contribution in [2.45, 2.75) is 19.3 Å². The van der Waals surface area contributed by atoms with Crippen molar-refractivity contribution in [2.75, 3.05) is 20.3 Å². The van der Waals surface area contributed by atoms with E-state index in [1.807, 2.05) is 48.5 Å². The van der Waals surface area contributed by atoms with Crippen molar-refractivity contribution >= 4 is 0 Å². The van der Waals surface area contributed by atoms with Crippen LogP contribution in [0, 0.1) is 0 Å². The van der Waals surface area contributed by atoms with Crippen LogP contribution < -0.4 is 9.47 Å². The Morgan fingerprint density at radius 3 is 2.50 bits per heavy atom. The van der Waals surface area contributed by atoms with Crippen molar-refractivity contribution in [2.24, 2.45) is 0 Å². The molecular weight excluding hydrogens is 280 g/mol. The molecule has 4 nitrogen and oxygen atoms in total. The predicted octanol–water partition coefficient (Wildman–Crippen LogP) is 3.71. The zero-order valence-corrected chi connectivity index (χ0v) is 12.7. The minimum Gasteiger partial charge on any atom is -0.493 e. The maximum atomic E-state index is 5.91. The van der Waals surface area contributed by atoms with E-state index < -0.39 is 0 Å². The van der Waals surface area contributed by atoms with E-state index in [0.717, 1.165) is 30.8 Å². The van der Waals surface area contributed by atoms with Gasteiger partial charge in [0.2, 0.25) is 0 Å². The minimum atomic E-state index is -0.321. The molecule has 0 amide bonds. The SMILES string of the molecule is COc1ccc(C2OCCCO2)cc1OCc1ccccc1. The van der Waals surface area contributed by atoms with Crippen LogP contribution >= 0.6 is 0 Å². The van der Waals surface area contributed by atoms with Gasteiger partial charge in [-0.05, 0) is 24.1 Å². The lowest BCUT2D eigenvalue weighted by molar-refractivity contribution is -0.183. The van der Waals surface area contributed by atoms with E-state index in [0.29, 0.717) is 18.1 Å². The molecule has 22 heavy (non-hydrogen) atoms. The van der Waals surface area contributed by atoms with Gasteiger partial charge in [0.05, 0.1) is 20.3 Å². The Labute approximate surface area is 130 Å². The van der Waals surface area contributed by atoms with Crippen molar-refractivity contribution in [1.82, 2.24) is 0 Å². The summed E-state index contributed by atoms with van der Waals surface area (Å²) >= 11 is 0. The van der Waals surface area contributed by atoms with Gasteiger partial charge in [-0.15, -0.1) is 0 Å². The summed E-state index contributed by atoms with van der Waals surface area (Å²) < 4.78 is 22.6. The standard InChI is InChI=1S/C18H20O4/c1-19-16-9-8-15(18-20-10-5-11-21-18)12-17(16)22-13-14-6-3-2-4-7-14/h2-4,6-9,12,18H,5,10-11,13H2,1H3. The van der Waals surface area contributed by atoms with Crippen LogP contribution in [0.3, 0.4) is 0 Å². The second-order valence-electron chi connectivity index (χ2n) is 5.11. The molecule has 116 valence electrons. The van der Waals surface area contributed by atoms with Crippen molar-refractivity contribution < 1.29 is 18.9 Å². The van der Waals surface area contributed by atoms with Gasteiger partial charge in [0, 0.05) is 5.56 Å². The van der Waals surface area contributed by atoms with Crippen molar-refractivity contribution in [3.8, 4) is 11.5 Å². The molecule has 0 saturated carbocycles. The molecule has 0 spiro atoms. The summed E-state index contributed by atoms with van der Waals surface area (Å²) in [5, 5.41) is 0. The quantitative estimate of drug-likeness (QED) is 0.843. The highest BCUT2D eigenvalue weighted by molar-refractivity contribution is 5.43. The van der Waals surface area contributed by atoms with Crippen LogP contribution in [0.25, 0.3) is 0 Å². The number of hydrogen-bond acceptors (Lipinski definition) is 4. The highest BCUT2D eigenvalue weighted by atomic mass is 16.7. The maximum absolute atomic E-state index is 5.91. The lowest BCUT2D eigenvalue weighted by atomic mass is 10.2. The third kappa shape index (κ3) is 3.59. The fourth-order valence-electron chi connectivity index (χ4n) is 2.37. The summed E-state index contributed by atoms with van der Waals surface area (Å²) in [6, 6.07) is 15.8. The Bertz CT molecular complexity index is 591. The lowest BCUT2D eigenvalue weighted by Gasteiger charge is -2.24. The second-order valence-corrected chi connectivity index (χ2v) is 5.11. The fourth-order valence-corrected chi connectivity index (χ4v) is 2.37. The highest BCUT2D eigenvalue weighted by Crippen LogP contribution is 2.33. The summed E-state index contributed by atoms with van der Waals surface area (Å²) in [6.45, 7) is 1.93. The molecule has 0 N–H and O–H groups in total. The number of rotatable bonds is 5. The second kappa shape index (κ2) is 7.29. The summed E-state index contributed by atoms with van der Waals surface area (Å²) in [5.41, 5.74) is 2.06. The summed E-state index contributed by atoms with van der Waals surface area (Å²) in [6.07, 6.45) is 0.614. The van der Waals surface area contributed by atoms with Crippen LogP contribution in [0.2, 0.25) is 0 Å². The molecule has 0 aliphatic carbocycles. The molecule has 1 aliphatic rings. The molecule has 2 aromatic carbocycles. The smallest absolute Gasteiger partial charge is 0.183 e. The van der Waals surface area contributed by atoms with E-state index in [9.17, 15) is 0 Å². The Morgan fingerprint density at radius 1 is 1.00 bits per heavy atom. The molecule has 1 saturated heterocycles. The zero-order chi connectivity index (χ0) is 15.2. The Balaban J connectivity index is 1.75. The topological polar surface area (TPSA) is 36.9 Å². The first-order valence-electron chi connectivity index (χ1n) is 7.44. The van der Waals surface area contributed by atoms with Crippen LogP contribution in [-0.4, -0.2) is 20.3 Å². The predicted molar refractivity (Wildman–Crippen MR) is 83.0 cm³/mol. The third-order valence-electron chi connectivity index (χ3n) is 3.52. The average Bonchev–Trinajstić information content (AvgIpc) is 2.61. The third-order valence-corrected chi connectivity index (χ3v) is 3.52. The Kier molecular flexibility index (Phi) is 4.93. The fraction of sp³-hybridized carbons (Fsp3) is 0.333. The Morgan fingerprint density at radius 2 is 1.77 bits per heavy atom. The van der Waals surface area contributed by atoms with Crippen molar-refractivity contribution in [3.05, 3.63) is 59.7 Å². The molecule has 1 heterocycles. The molecule has 1 fully saturated rings. The minimum absolute atomic E-state index is 0.321. The molecule has 0 radical (unpaired) electrons. The van der Waals surface area contributed by atoms with Crippen molar-refractivity contribution in [3.63, 3.8) is 0 Å². The van der Waals surface area contributed by atoms with Gasteiger partial charge in [0.1, 0.15) is 6.61 Å². The van der Waals surface area contributed by atoms with E-state index in [1.54, 1.807) is 7.11 Å². The molecule has 4 heteroatoms. The van der Waals surface area contributed by atoms with Crippen LogP contribution in [0.1, 0.15) is 23.8 Å². The zero-order valence-electron chi connectivity index (χ0n) is 12.7. The van der Waals surface area contributed by atoms with Gasteiger partial charge in [0.25, 0.3) is 0 Å². The average molecular weight is 300 g/mol. The van der Waals surface area contributed by atoms with Gasteiger partial charge in [0.15, 0.2) is 17.8 Å². The summed E-state index contributed by atoms with van der Waals surface area (Å²) in [4.78, 5) is 0. The lowest BCUT2D eigenvalue weighted by Crippen LogP contribution is -2.17. The molecule has 2 aromatic rings. The molecule has 0 aromatic heterocycles. The van der Waals surface area contributed by atoms with Gasteiger partial charge in [-0.1, -0.05) is 36.4 Å². The van der Waals surface area contributed by atoms with E-state index in [4.69, 9.17) is 18.9 Å². The monoisotopic (exact) mass is 300 g/mol. The van der Waals surface area contributed by atoms with Gasteiger partial charge in [-0.2, -0.15) is 0 Å². The number of methoxy groups -OCH3 is 1. The van der Waals surface area contributed by atoms with Gasteiger partial charge in [-0.25, -0.2) is 0 Å². The largest absolute Gasteiger partial charge is 0.493 e. The van der Waals surface area contributed by atoms with Crippen LogP contribution in [0.15, 0.2) is 48.5 Å². The highest BCUT2D eigenvalue weighted by Gasteiger charge is 2.18. The molecular formula is C18H20O4. The van der Waals surface area contributed by atoms with E-state index >= 15 is 0 Å². The molecule has 1 aliphatic heterocycles. The maximum Gasteiger partial charge on any atom is 0.183 e. The number of hydrogen-bond donors (Lipinski definition) is 0. The Hall–Kier alpha value is -2.04. The van der Waals surface area contributed by atoms with Crippen LogP contribution in [-0.2, 0) is 16.1 Å². The van der Waals surface area contributed by atoms with E-state index in [1.165, 1.54) is 0 Å². The van der Waals surface area contributed by atoms with Crippen molar-refractivity contribution in [1.29, 1.82) is 0 Å². The first-order chi connectivity index (χ1) is 10.9. The van der Waals surface area contributed by atoms with Gasteiger partial charge >= 0.3 is 0 Å². The summed E-state index contributed by atoms with van der Waals surface area (Å²) in [5.74, 6) is 1.40. The first kappa shape index (κ1) is 14.9. The number of ether oxygens (including phenoxy) is 4. The molecule has 0 atom stereocenters.